The predicted octanol–water partition coefficient (Wildman–Crippen LogP) is -0.310. The summed E-state index contributed by atoms with van der Waals surface area (Å²) >= 11 is 0. The van der Waals surface area contributed by atoms with Crippen LogP contribution in [0.5, 0.6) is 0 Å². The van der Waals surface area contributed by atoms with Crippen molar-refractivity contribution in [2.45, 2.75) is 25.4 Å². The van der Waals surface area contributed by atoms with Gasteiger partial charge in [-0.25, -0.2) is 0 Å². The zero-order valence-electron chi connectivity index (χ0n) is 8.43. The summed E-state index contributed by atoms with van der Waals surface area (Å²) in [5.41, 5.74) is 0. The van der Waals surface area contributed by atoms with Crippen molar-refractivity contribution in [2.75, 3.05) is 13.1 Å². The summed E-state index contributed by atoms with van der Waals surface area (Å²) < 4.78 is 0. The van der Waals surface area contributed by atoms with Gasteiger partial charge in [0.25, 0.3) is 0 Å². The molecular weight excluding hydrogens is 198 g/mol. The number of β-amino-alcohol motifs (C(OH)–C–C–N with tert-alkyl or cyclic N) is 1. The lowest BCUT2D eigenvalue weighted by atomic mass is 10.1. The Balaban J connectivity index is 1.89. The fraction of sp³-hybridized carbons (Fsp3) is 0.800. The van der Waals surface area contributed by atoms with Gasteiger partial charge < -0.3 is 15.1 Å². The highest BCUT2D eigenvalue weighted by Crippen LogP contribution is 2.40. The first-order valence-electron chi connectivity index (χ1n) is 5.29. The average Bonchev–Trinajstić information content (AvgIpc) is 2.96. The van der Waals surface area contributed by atoms with Crippen LogP contribution in [0.2, 0.25) is 0 Å². The van der Waals surface area contributed by atoms with Crippen LogP contribution in [0.3, 0.4) is 0 Å². The Morgan fingerprint density at radius 2 is 2.00 bits per heavy atom. The Kier molecular flexibility index (Phi) is 2.65. The number of aliphatic hydroxyl groups excluding tert-OH is 1. The van der Waals surface area contributed by atoms with Gasteiger partial charge in [0.2, 0.25) is 5.91 Å². The number of amides is 1. The van der Waals surface area contributed by atoms with E-state index in [1.807, 2.05) is 0 Å². The number of hydrogen-bond donors (Lipinski definition) is 2. The van der Waals surface area contributed by atoms with Crippen LogP contribution in [0.4, 0.5) is 0 Å². The number of likely N-dealkylation sites (tertiary alicyclic amines) is 1. The summed E-state index contributed by atoms with van der Waals surface area (Å²) in [7, 11) is 0. The maximum Gasteiger partial charge on any atom is 0.307 e. The molecule has 0 radical (unpaired) electrons. The molecule has 1 aliphatic heterocycles. The Hall–Kier alpha value is -1.10. The monoisotopic (exact) mass is 213 g/mol. The van der Waals surface area contributed by atoms with Crippen LogP contribution in [-0.2, 0) is 9.59 Å². The molecule has 2 aliphatic rings. The quantitative estimate of drug-likeness (QED) is 0.659. The number of piperidine rings is 1. The van der Waals surface area contributed by atoms with Crippen LogP contribution in [0.25, 0.3) is 0 Å². The molecular formula is C10H15NO4. The number of hydrogen-bond acceptors (Lipinski definition) is 3. The van der Waals surface area contributed by atoms with E-state index < -0.39 is 18.0 Å². The average molecular weight is 213 g/mol. The number of aliphatic carboxylic acids is 1. The number of aliphatic hydroxyl groups is 1. The van der Waals surface area contributed by atoms with Gasteiger partial charge in [0.15, 0.2) is 0 Å². The molecule has 2 fully saturated rings. The smallest absolute Gasteiger partial charge is 0.307 e. The third-order valence-corrected chi connectivity index (χ3v) is 3.13. The molecule has 84 valence electrons. The Morgan fingerprint density at radius 1 is 1.27 bits per heavy atom. The third kappa shape index (κ3) is 2.12. The molecule has 1 amide bonds. The molecule has 1 saturated carbocycles. The second kappa shape index (κ2) is 3.81. The molecule has 1 saturated heterocycles. The Bertz CT molecular complexity index is 291. The number of carbonyl (C=O) groups is 2. The molecule has 2 N–H and O–H groups in total. The summed E-state index contributed by atoms with van der Waals surface area (Å²) in [6, 6.07) is 0. The molecule has 0 spiro atoms. The molecule has 2 rings (SSSR count). The van der Waals surface area contributed by atoms with Gasteiger partial charge in [0.1, 0.15) is 0 Å². The van der Waals surface area contributed by atoms with Crippen LogP contribution < -0.4 is 0 Å². The summed E-state index contributed by atoms with van der Waals surface area (Å²) in [5, 5.41) is 18.1. The zero-order valence-corrected chi connectivity index (χ0v) is 8.43. The number of nitrogens with zero attached hydrogens (tertiary/aromatic N) is 1. The standard InChI is InChI=1S/C10H15NO4/c12-6-2-1-3-11(5-6)9(13)7-4-8(7)10(14)15/h6-8,12H,1-5H2,(H,14,15)/t6-,7+,8-/m0/s1. The minimum Gasteiger partial charge on any atom is -0.481 e. The van der Waals surface area contributed by atoms with Crippen molar-refractivity contribution in [3.63, 3.8) is 0 Å². The molecule has 0 aromatic rings. The SMILES string of the molecule is O=C(O)[C@H]1C[C@H]1C(=O)N1CCC[C@H](O)C1. The number of carboxylic acids is 1. The van der Waals surface area contributed by atoms with Gasteiger partial charge in [-0.2, -0.15) is 0 Å². The van der Waals surface area contributed by atoms with Gasteiger partial charge in [-0.3, -0.25) is 9.59 Å². The molecule has 3 atom stereocenters. The molecule has 15 heavy (non-hydrogen) atoms. The number of rotatable bonds is 2. The van der Waals surface area contributed by atoms with Crippen molar-refractivity contribution in [2.24, 2.45) is 11.8 Å². The summed E-state index contributed by atoms with van der Waals surface area (Å²) in [6.07, 6.45) is 1.55. The Labute approximate surface area is 87.7 Å². The first-order chi connectivity index (χ1) is 7.09. The van der Waals surface area contributed by atoms with Crippen molar-refractivity contribution >= 4 is 11.9 Å². The van der Waals surface area contributed by atoms with E-state index in [0.717, 1.165) is 12.8 Å². The van der Waals surface area contributed by atoms with Crippen molar-refractivity contribution in [3.8, 4) is 0 Å². The van der Waals surface area contributed by atoms with Gasteiger partial charge in [-0.15, -0.1) is 0 Å². The highest BCUT2D eigenvalue weighted by Gasteiger charge is 2.50. The second-order valence-electron chi connectivity index (χ2n) is 4.37. The lowest BCUT2D eigenvalue weighted by Gasteiger charge is -2.30. The second-order valence-corrected chi connectivity index (χ2v) is 4.37. The third-order valence-electron chi connectivity index (χ3n) is 3.13. The first kappa shape index (κ1) is 10.4. The number of carbonyl (C=O) groups excluding carboxylic acids is 1. The van der Waals surface area contributed by atoms with E-state index in [0.29, 0.717) is 19.5 Å². The summed E-state index contributed by atoms with van der Waals surface area (Å²) in [4.78, 5) is 24.0. The van der Waals surface area contributed by atoms with Crippen LogP contribution in [-0.4, -0.2) is 46.2 Å². The minimum absolute atomic E-state index is 0.0962. The highest BCUT2D eigenvalue weighted by atomic mass is 16.4. The number of carboxylic acid groups (broad SMARTS) is 1. The minimum atomic E-state index is -0.883. The Morgan fingerprint density at radius 3 is 2.53 bits per heavy atom. The van der Waals surface area contributed by atoms with Gasteiger partial charge in [0.05, 0.1) is 17.9 Å². The van der Waals surface area contributed by atoms with E-state index >= 15 is 0 Å². The highest BCUT2D eigenvalue weighted by molar-refractivity contribution is 5.89. The van der Waals surface area contributed by atoms with Crippen molar-refractivity contribution in [1.29, 1.82) is 0 Å². The van der Waals surface area contributed by atoms with Gasteiger partial charge in [0, 0.05) is 13.1 Å². The largest absolute Gasteiger partial charge is 0.481 e. The van der Waals surface area contributed by atoms with E-state index in [9.17, 15) is 14.7 Å². The zero-order chi connectivity index (χ0) is 11.0. The van der Waals surface area contributed by atoms with Crippen molar-refractivity contribution in [1.82, 2.24) is 4.90 Å². The van der Waals surface area contributed by atoms with Crippen LogP contribution in [0.1, 0.15) is 19.3 Å². The molecule has 5 nitrogen and oxygen atoms in total. The fourth-order valence-corrected chi connectivity index (χ4v) is 2.13. The van der Waals surface area contributed by atoms with Crippen molar-refractivity contribution in [3.05, 3.63) is 0 Å². The molecule has 1 heterocycles. The lowest BCUT2D eigenvalue weighted by molar-refractivity contribution is -0.142. The molecule has 0 aromatic heterocycles. The molecule has 5 heteroatoms. The fourth-order valence-electron chi connectivity index (χ4n) is 2.13. The maximum absolute atomic E-state index is 11.8. The van der Waals surface area contributed by atoms with E-state index in [-0.39, 0.29) is 11.8 Å². The van der Waals surface area contributed by atoms with E-state index in [1.165, 1.54) is 0 Å². The normalized spacial score (nSPS) is 35.0. The molecule has 0 bridgehead atoms. The van der Waals surface area contributed by atoms with E-state index in [2.05, 4.69) is 0 Å². The van der Waals surface area contributed by atoms with Crippen molar-refractivity contribution < 1.29 is 19.8 Å². The summed E-state index contributed by atoms with van der Waals surface area (Å²) in [5.74, 6) is -1.81. The molecule has 0 aromatic carbocycles. The lowest BCUT2D eigenvalue weighted by Crippen LogP contribution is -2.43. The van der Waals surface area contributed by atoms with Crippen LogP contribution in [0, 0.1) is 11.8 Å². The van der Waals surface area contributed by atoms with Gasteiger partial charge in [-0.05, 0) is 19.3 Å². The van der Waals surface area contributed by atoms with E-state index in [1.54, 1.807) is 4.90 Å². The maximum atomic E-state index is 11.8. The molecule has 0 unspecified atom stereocenters. The van der Waals surface area contributed by atoms with Gasteiger partial charge >= 0.3 is 5.97 Å². The van der Waals surface area contributed by atoms with Crippen LogP contribution in [0.15, 0.2) is 0 Å². The topological polar surface area (TPSA) is 77.8 Å². The van der Waals surface area contributed by atoms with Gasteiger partial charge in [-0.1, -0.05) is 0 Å². The van der Waals surface area contributed by atoms with Crippen LogP contribution >= 0.6 is 0 Å². The summed E-state index contributed by atoms with van der Waals surface area (Å²) in [6.45, 7) is 1.01. The first-order valence-corrected chi connectivity index (χ1v) is 5.29. The molecule has 1 aliphatic carbocycles. The predicted molar refractivity (Wildman–Crippen MR) is 51.1 cm³/mol. The van der Waals surface area contributed by atoms with E-state index in [4.69, 9.17) is 5.11 Å².